The standard InChI is InChI=1S/C15H13F2N5S2/c1-7-11(6-23-15-21-12(18)5-13(19)22-15)20-14(24-7)8-2-9(16)4-10(17)3-8/h2-5H,6H2,1H3,(H4,18,19,21,22). The minimum Gasteiger partial charge on any atom is -0.383 e. The normalized spacial score (nSPS) is 11.0. The first-order chi connectivity index (χ1) is 11.4. The summed E-state index contributed by atoms with van der Waals surface area (Å²) in [5.74, 6) is -0.148. The molecule has 0 bridgehead atoms. The molecule has 0 spiro atoms. The van der Waals surface area contributed by atoms with Crippen LogP contribution in [0.1, 0.15) is 10.6 Å². The molecule has 0 aliphatic heterocycles. The van der Waals surface area contributed by atoms with Crippen LogP contribution < -0.4 is 11.5 Å². The largest absolute Gasteiger partial charge is 0.383 e. The summed E-state index contributed by atoms with van der Waals surface area (Å²) in [6, 6.07) is 4.84. The topological polar surface area (TPSA) is 90.7 Å². The summed E-state index contributed by atoms with van der Waals surface area (Å²) in [7, 11) is 0. The van der Waals surface area contributed by atoms with Gasteiger partial charge in [0.05, 0.1) is 5.69 Å². The third-order valence-corrected chi connectivity index (χ3v) is 5.01. The van der Waals surface area contributed by atoms with Crippen LogP contribution in [0.15, 0.2) is 29.4 Å². The Bertz CT molecular complexity index is 857. The summed E-state index contributed by atoms with van der Waals surface area (Å²) < 4.78 is 26.7. The third-order valence-electron chi connectivity index (χ3n) is 3.09. The average Bonchev–Trinajstić information content (AvgIpc) is 2.84. The summed E-state index contributed by atoms with van der Waals surface area (Å²) in [5, 5.41) is 1.02. The van der Waals surface area contributed by atoms with Gasteiger partial charge in [0.1, 0.15) is 28.3 Å². The molecule has 4 N–H and O–H groups in total. The summed E-state index contributed by atoms with van der Waals surface area (Å²) in [6.45, 7) is 1.90. The Morgan fingerprint density at radius 1 is 1.00 bits per heavy atom. The maximum Gasteiger partial charge on any atom is 0.191 e. The van der Waals surface area contributed by atoms with E-state index in [1.54, 1.807) is 0 Å². The Morgan fingerprint density at radius 3 is 2.25 bits per heavy atom. The summed E-state index contributed by atoms with van der Waals surface area (Å²) in [4.78, 5) is 13.6. The van der Waals surface area contributed by atoms with Gasteiger partial charge in [0, 0.05) is 28.3 Å². The Hall–Kier alpha value is -2.26. The Balaban J connectivity index is 1.81. The van der Waals surface area contributed by atoms with Crippen LogP contribution in [0.3, 0.4) is 0 Å². The van der Waals surface area contributed by atoms with Gasteiger partial charge in [-0.15, -0.1) is 11.3 Å². The van der Waals surface area contributed by atoms with E-state index in [2.05, 4.69) is 15.0 Å². The molecule has 0 saturated heterocycles. The van der Waals surface area contributed by atoms with Gasteiger partial charge in [-0.05, 0) is 19.1 Å². The lowest BCUT2D eigenvalue weighted by molar-refractivity contribution is 0.584. The Kier molecular flexibility index (Phi) is 4.63. The third kappa shape index (κ3) is 3.80. The fourth-order valence-corrected chi connectivity index (χ4v) is 3.92. The minimum absolute atomic E-state index is 0.302. The van der Waals surface area contributed by atoms with Crippen molar-refractivity contribution in [3.63, 3.8) is 0 Å². The number of nitrogens with zero attached hydrogens (tertiary/aromatic N) is 3. The van der Waals surface area contributed by atoms with Gasteiger partial charge in [-0.25, -0.2) is 23.7 Å². The fourth-order valence-electron chi connectivity index (χ4n) is 2.02. The van der Waals surface area contributed by atoms with E-state index in [1.807, 2.05) is 6.92 Å². The van der Waals surface area contributed by atoms with Gasteiger partial charge in [0.25, 0.3) is 0 Å². The average molecular weight is 365 g/mol. The fraction of sp³-hybridized carbons (Fsp3) is 0.133. The summed E-state index contributed by atoms with van der Waals surface area (Å²) >= 11 is 2.72. The van der Waals surface area contributed by atoms with Crippen molar-refractivity contribution in [3.05, 3.63) is 46.5 Å². The second-order valence-electron chi connectivity index (χ2n) is 4.97. The molecule has 0 fully saturated rings. The number of thioether (sulfide) groups is 1. The number of nitrogens with two attached hydrogens (primary N) is 2. The molecular formula is C15H13F2N5S2. The number of hydrogen-bond donors (Lipinski definition) is 2. The van der Waals surface area contributed by atoms with E-state index in [-0.39, 0.29) is 0 Å². The zero-order valence-corrected chi connectivity index (χ0v) is 14.2. The molecule has 0 amide bonds. The second kappa shape index (κ2) is 6.70. The molecule has 0 aliphatic carbocycles. The molecule has 2 heterocycles. The smallest absolute Gasteiger partial charge is 0.191 e. The van der Waals surface area contributed by atoms with Crippen LogP contribution in [0.2, 0.25) is 0 Å². The molecule has 3 aromatic rings. The number of aromatic nitrogens is 3. The quantitative estimate of drug-likeness (QED) is 0.542. The molecule has 24 heavy (non-hydrogen) atoms. The van der Waals surface area contributed by atoms with Gasteiger partial charge in [-0.3, -0.25) is 0 Å². The van der Waals surface area contributed by atoms with Crippen LogP contribution in [-0.2, 0) is 5.75 Å². The monoisotopic (exact) mass is 365 g/mol. The lowest BCUT2D eigenvalue weighted by Crippen LogP contribution is -1.99. The number of halogens is 2. The van der Waals surface area contributed by atoms with Gasteiger partial charge < -0.3 is 11.5 Å². The van der Waals surface area contributed by atoms with Gasteiger partial charge in [-0.1, -0.05) is 11.8 Å². The molecule has 1 aromatic carbocycles. The molecule has 0 unspecified atom stereocenters. The van der Waals surface area contributed by atoms with Crippen molar-refractivity contribution in [2.24, 2.45) is 0 Å². The number of benzene rings is 1. The lowest BCUT2D eigenvalue weighted by atomic mass is 10.2. The highest BCUT2D eigenvalue weighted by molar-refractivity contribution is 7.98. The summed E-state index contributed by atoms with van der Waals surface area (Å²) in [6.07, 6.45) is 0. The highest BCUT2D eigenvalue weighted by Gasteiger charge is 2.13. The zero-order valence-electron chi connectivity index (χ0n) is 12.6. The number of rotatable bonds is 4. The van der Waals surface area contributed by atoms with E-state index in [9.17, 15) is 8.78 Å². The van der Waals surface area contributed by atoms with Gasteiger partial charge in [0.2, 0.25) is 0 Å². The maximum atomic E-state index is 13.4. The Labute approximate surface area is 145 Å². The van der Waals surface area contributed by atoms with E-state index in [1.165, 1.54) is 41.3 Å². The van der Waals surface area contributed by atoms with Crippen molar-refractivity contribution in [2.45, 2.75) is 17.8 Å². The van der Waals surface area contributed by atoms with E-state index in [0.29, 0.717) is 33.1 Å². The van der Waals surface area contributed by atoms with E-state index in [4.69, 9.17) is 11.5 Å². The number of thiazole rings is 1. The van der Waals surface area contributed by atoms with Crippen LogP contribution in [0, 0.1) is 18.6 Å². The predicted molar refractivity (Wildman–Crippen MR) is 92.6 cm³/mol. The number of aryl methyl sites for hydroxylation is 1. The lowest BCUT2D eigenvalue weighted by Gasteiger charge is -2.02. The first kappa shape index (κ1) is 16.6. The SMILES string of the molecule is Cc1sc(-c2cc(F)cc(F)c2)nc1CSc1nc(N)cc(N)n1. The van der Waals surface area contributed by atoms with Gasteiger partial charge >= 0.3 is 0 Å². The molecule has 124 valence electrons. The van der Waals surface area contributed by atoms with E-state index in [0.717, 1.165) is 16.6 Å². The Morgan fingerprint density at radius 2 is 1.62 bits per heavy atom. The molecule has 2 aromatic heterocycles. The van der Waals surface area contributed by atoms with Crippen molar-refractivity contribution in [1.82, 2.24) is 15.0 Å². The van der Waals surface area contributed by atoms with Crippen molar-refractivity contribution >= 4 is 34.7 Å². The zero-order chi connectivity index (χ0) is 17.3. The van der Waals surface area contributed by atoms with E-state index >= 15 is 0 Å². The van der Waals surface area contributed by atoms with Crippen molar-refractivity contribution < 1.29 is 8.78 Å². The first-order valence-corrected chi connectivity index (χ1v) is 8.66. The van der Waals surface area contributed by atoms with E-state index < -0.39 is 11.6 Å². The second-order valence-corrected chi connectivity index (χ2v) is 7.11. The molecule has 0 saturated carbocycles. The maximum absolute atomic E-state index is 13.4. The van der Waals surface area contributed by atoms with Gasteiger partial charge in [-0.2, -0.15) is 0 Å². The van der Waals surface area contributed by atoms with Crippen molar-refractivity contribution in [2.75, 3.05) is 11.5 Å². The molecule has 5 nitrogen and oxygen atoms in total. The van der Waals surface area contributed by atoms with Crippen LogP contribution in [0.5, 0.6) is 0 Å². The minimum atomic E-state index is -0.627. The highest BCUT2D eigenvalue weighted by Crippen LogP contribution is 2.31. The summed E-state index contributed by atoms with van der Waals surface area (Å²) in [5.41, 5.74) is 12.5. The molecule has 9 heteroatoms. The molecule has 0 radical (unpaired) electrons. The first-order valence-electron chi connectivity index (χ1n) is 6.86. The van der Waals surface area contributed by atoms with Crippen LogP contribution in [-0.4, -0.2) is 15.0 Å². The van der Waals surface area contributed by atoms with Crippen LogP contribution in [0.4, 0.5) is 20.4 Å². The predicted octanol–water partition coefficient (Wildman–Crippen LogP) is 3.64. The number of nitrogen functional groups attached to an aromatic ring is 2. The van der Waals surface area contributed by atoms with Crippen molar-refractivity contribution in [3.8, 4) is 10.6 Å². The van der Waals surface area contributed by atoms with Crippen LogP contribution in [0.25, 0.3) is 10.6 Å². The highest BCUT2D eigenvalue weighted by atomic mass is 32.2. The molecule has 3 rings (SSSR count). The number of anilines is 2. The van der Waals surface area contributed by atoms with Crippen LogP contribution >= 0.6 is 23.1 Å². The molecular weight excluding hydrogens is 352 g/mol. The van der Waals surface area contributed by atoms with Crippen molar-refractivity contribution in [1.29, 1.82) is 0 Å². The molecule has 0 atom stereocenters. The molecule has 0 aliphatic rings. The number of hydrogen-bond acceptors (Lipinski definition) is 7. The van der Waals surface area contributed by atoms with Gasteiger partial charge in [0.15, 0.2) is 5.16 Å².